The first kappa shape index (κ1) is 23.2. The molecule has 1 N–H and O–H groups in total. The second-order valence-electron chi connectivity index (χ2n) is 9.29. The number of aliphatic hydroxyl groups excluding tert-OH is 1. The van der Waals surface area contributed by atoms with Crippen molar-refractivity contribution in [2.24, 2.45) is 0 Å². The minimum atomic E-state index is -1.09. The number of Topliss-reactive ketones (excluding diaryl/α,β-unsaturated/α-hetero) is 1. The van der Waals surface area contributed by atoms with Gasteiger partial charge in [0.15, 0.2) is 5.78 Å². The Balaban J connectivity index is 1.98. The van der Waals surface area contributed by atoms with Crippen molar-refractivity contribution in [3.63, 3.8) is 0 Å². The maximum absolute atomic E-state index is 13.9. The third-order valence-electron chi connectivity index (χ3n) is 6.53. The lowest BCUT2D eigenvalue weighted by atomic mass is 9.68. The van der Waals surface area contributed by atoms with Crippen molar-refractivity contribution in [2.45, 2.75) is 45.0 Å². The summed E-state index contributed by atoms with van der Waals surface area (Å²) in [7, 11) is -0.895. The topological polar surface area (TPSA) is 55.8 Å². The molecule has 1 fully saturated rings. The van der Waals surface area contributed by atoms with Gasteiger partial charge in [0.2, 0.25) is 0 Å². The maximum Gasteiger partial charge on any atom is 0.494 e. The van der Waals surface area contributed by atoms with E-state index in [-0.39, 0.29) is 5.78 Å². The van der Waals surface area contributed by atoms with Gasteiger partial charge < -0.3 is 14.4 Å². The van der Waals surface area contributed by atoms with Gasteiger partial charge in [0.1, 0.15) is 0 Å². The van der Waals surface area contributed by atoms with E-state index in [2.05, 4.69) is 0 Å². The largest absolute Gasteiger partial charge is 0.494 e. The molecule has 0 aromatic heterocycles. The van der Waals surface area contributed by atoms with Crippen molar-refractivity contribution < 1.29 is 19.2 Å². The fourth-order valence-electron chi connectivity index (χ4n) is 3.94. The molecule has 0 radical (unpaired) electrons. The molecule has 0 aliphatic carbocycles. The average molecular weight is 440 g/mol. The van der Waals surface area contributed by atoms with Crippen LogP contribution in [0.4, 0.5) is 0 Å². The van der Waals surface area contributed by atoms with Crippen LogP contribution in [0.5, 0.6) is 0 Å². The zero-order valence-electron chi connectivity index (χ0n) is 19.5. The monoisotopic (exact) mass is 440 g/mol. The van der Waals surface area contributed by atoms with Gasteiger partial charge in [-0.15, -0.1) is 0 Å². The Kier molecular flexibility index (Phi) is 6.40. The molecule has 1 heterocycles. The highest BCUT2D eigenvalue weighted by molar-refractivity contribution is 6.59. The van der Waals surface area contributed by atoms with Crippen LogP contribution in [0.15, 0.2) is 96.5 Å². The minimum absolute atomic E-state index is 0.193. The third-order valence-corrected chi connectivity index (χ3v) is 6.53. The first-order valence-corrected chi connectivity index (χ1v) is 11.2. The van der Waals surface area contributed by atoms with E-state index in [1.807, 2.05) is 107 Å². The van der Waals surface area contributed by atoms with E-state index in [1.54, 1.807) is 12.1 Å². The third kappa shape index (κ3) is 4.58. The summed E-state index contributed by atoms with van der Waals surface area (Å²) in [6.07, 6.45) is -1.09. The Morgan fingerprint density at radius 1 is 0.727 bits per heavy atom. The number of rotatable bonds is 6. The highest BCUT2D eigenvalue weighted by Crippen LogP contribution is 2.43. The number of hydrogen-bond donors (Lipinski definition) is 1. The number of benzene rings is 3. The summed E-state index contributed by atoms with van der Waals surface area (Å²) in [4.78, 5) is 13.9. The number of hydrogen-bond acceptors (Lipinski definition) is 4. The quantitative estimate of drug-likeness (QED) is 0.304. The lowest BCUT2D eigenvalue weighted by Crippen LogP contribution is -2.41. The molecular weight excluding hydrogens is 411 g/mol. The highest BCUT2D eigenvalue weighted by atomic mass is 16.7. The number of ketones is 1. The molecule has 4 rings (SSSR count). The molecule has 1 atom stereocenters. The number of aliphatic hydroxyl groups is 1. The molecule has 168 valence electrons. The molecule has 1 unspecified atom stereocenters. The summed E-state index contributed by atoms with van der Waals surface area (Å²) in [6, 6.07) is 27.8. The standard InChI is InChI=1S/C28H29BO4/c1-27(2)28(3,4)33-29(32-27)24(26(31)22-18-12-7-13-19-22)23(20-14-8-5-9-15-20)25(30)21-16-10-6-11-17-21/h5-19,26,31H,1-4H3/b24-23+. The molecule has 1 aliphatic heterocycles. The number of allylic oxidation sites excluding steroid dienone is 1. The van der Waals surface area contributed by atoms with Crippen LogP contribution in [-0.4, -0.2) is 29.2 Å². The average Bonchev–Trinajstić information content (AvgIpc) is 3.04. The van der Waals surface area contributed by atoms with Gasteiger partial charge in [0.05, 0.1) is 17.3 Å². The molecule has 0 amide bonds. The molecule has 0 spiro atoms. The summed E-state index contributed by atoms with van der Waals surface area (Å²) >= 11 is 0. The van der Waals surface area contributed by atoms with E-state index in [9.17, 15) is 9.90 Å². The van der Waals surface area contributed by atoms with Gasteiger partial charge >= 0.3 is 7.12 Å². The number of carbonyl (C=O) groups is 1. The summed E-state index contributed by atoms with van der Waals surface area (Å²) < 4.78 is 12.7. The molecule has 33 heavy (non-hydrogen) atoms. The Morgan fingerprint density at radius 3 is 1.64 bits per heavy atom. The number of carbonyl (C=O) groups excluding carboxylic acids is 1. The maximum atomic E-state index is 13.9. The smallest absolute Gasteiger partial charge is 0.399 e. The lowest BCUT2D eigenvalue weighted by Gasteiger charge is -2.32. The van der Waals surface area contributed by atoms with Crippen LogP contribution < -0.4 is 0 Å². The van der Waals surface area contributed by atoms with Crippen LogP contribution in [0.1, 0.15) is 55.3 Å². The van der Waals surface area contributed by atoms with Crippen LogP contribution in [0.3, 0.4) is 0 Å². The van der Waals surface area contributed by atoms with Crippen molar-refractivity contribution in [1.29, 1.82) is 0 Å². The molecular formula is C28H29BO4. The van der Waals surface area contributed by atoms with Gasteiger partial charge in [-0.2, -0.15) is 0 Å². The second kappa shape index (κ2) is 9.10. The van der Waals surface area contributed by atoms with Gasteiger partial charge in [0.25, 0.3) is 0 Å². The summed E-state index contributed by atoms with van der Waals surface area (Å²) in [5.74, 6) is -0.193. The Morgan fingerprint density at radius 2 is 1.15 bits per heavy atom. The molecule has 0 saturated carbocycles. The molecule has 1 saturated heterocycles. The predicted molar refractivity (Wildman–Crippen MR) is 132 cm³/mol. The molecule has 5 heteroatoms. The normalized spacial score (nSPS) is 18.5. The van der Waals surface area contributed by atoms with E-state index in [1.165, 1.54) is 0 Å². The van der Waals surface area contributed by atoms with Crippen LogP contribution in [0.25, 0.3) is 5.57 Å². The van der Waals surface area contributed by atoms with Crippen molar-refractivity contribution in [3.05, 3.63) is 113 Å². The van der Waals surface area contributed by atoms with Crippen LogP contribution in [-0.2, 0) is 9.31 Å². The first-order chi connectivity index (χ1) is 15.7. The Hall–Kier alpha value is -2.99. The molecule has 1 aliphatic rings. The van der Waals surface area contributed by atoms with Crippen LogP contribution in [0.2, 0.25) is 0 Å². The first-order valence-electron chi connectivity index (χ1n) is 11.2. The Labute approximate surface area is 196 Å². The van der Waals surface area contributed by atoms with E-state index in [4.69, 9.17) is 9.31 Å². The fourth-order valence-corrected chi connectivity index (χ4v) is 3.94. The van der Waals surface area contributed by atoms with Gasteiger partial charge in [-0.1, -0.05) is 91.0 Å². The van der Waals surface area contributed by atoms with E-state index < -0.39 is 24.4 Å². The molecule has 0 bridgehead atoms. The van der Waals surface area contributed by atoms with Gasteiger partial charge in [-0.25, -0.2) is 0 Å². The van der Waals surface area contributed by atoms with E-state index in [0.717, 1.165) is 0 Å². The lowest BCUT2D eigenvalue weighted by molar-refractivity contribution is 0.00578. The second-order valence-corrected chi connectivity index (χ2v) is 9.29. The minimum Gasteiger partial charge on any atom is -0.399 e. The highest BCUT2D eigenvalue weighted by Gasteiger charge is 2.54. The summed E-state index contributed by atoms with van der Waals surface area (Å²) in [5.41, 5.74) is 1.43. The van der Waals surface area contributed by atoms with Crippen LogP contribution in [0, 0.1) is 0 Å². The van der Waals surface area contributed by atoms with Gasteiger partial charge in [0, 0.05) is 16.6 Å². The van der Waals surface area contributed by atoms with Crippen molar-refractivity contribution >= 4 is 18.5 Å². The van der Waals surface area contributed by atoms with Crippen molar-refractivity contribution in [2.75, 3.05) is 0 Å². The van der Waals surface area contributed by atoms with Gasteiger partial charge in [-0.3, -0.25) is 4.79 Å². The zero-order valence-corrected chi connectivity index (χ0v) is 19.5. The predicted octanol–water partition coefficient (Wildman–Crippen LogP) is 5.69. The molecule has 4 nitrogen and oxygen atoms in total. The summed E-state index contributed by atoms with van der Waals surface area (Å²) in [6.45, 7) is 7.84. The van der Waals surface area contributed by atoms with Crippen molar-refractivity contribution in [1.82, 2.24) is 0 Å². The van der Waals surface area contributed by atoms with E-state index >= 15 is 0 Å². The fraction of sp³-hybridized carbons (Fsp3) is 0.250. The molecule has 3 aromatic carbocycles. The van der Waals surface area contributed by atoms with Crippen molar-refractivity contribution in [3.8, 4) is 0 Å². The summed E-state index contributed by atoms with van der Waals surface area (Å²) in [5, 5.41) is 11.6. The van der Waals surface area contributed by atoms with Crippen LogP contribution >= 0.6 is 0 Å². The van der Waals surface area contributed by atoms with E-state index in [0.29, 0.717) is 27.7 Å². The molecule has 3 aromatic rings. The van der Waals surface area contributed by atoms with Gasteiger partial charge in [-0.05, 0) is 38.8 Å². The zero-order chi connectivity index (χ0) is 23.6. The Bertz CT molecular complexity index is 1120. The SMILES string of the molecule is CC1(C)OB(/C(=C(/C(=O)c2ccccc2)c2ccccc2)C(O)c2ccccc2)OC1(C)C.